The van der Waals surface area contributed by atoms with Gasteiger partial charge in [0.25, 0.3) is 0 Å². The highest BCUT2D eigenvalue weighted by atomic mass is 35.5. The molecule has 0 radical (unpaired) electrons. The van der Waals surface area contributed by atoms with Crippen LogP contribution >= 0.6 is 11.6 Å². The van der Waals surface area contributed by atoms with Crippen LogP contribution in [0.25, 0.3) is 0 Å². The largest absolute Gasteiger partial charge is 0.395 e. The number of likely N-dealkylation sites (N-methyl/N-ethyl adjacent to an activating group) is 1. The standard InChI is InChI=1S/C11H16ClNO3S/c1-8-4-5-10(6-11(8)12)17(15,16)13(3)9(2)7-14/h4-6,9,14H,7H2,1-3H3. The van der Waals surface area contributed by atoms with Gasteiger partial charge in [-0.25, -0.2) is 8.42 Å². The molecule has 0 saturated heterocycles. The molecule has 0 spiro atoms. The fourth-order valence-electron chi connectivity index (χ4n) is 1.25. The average Bonchev–Trinajstić information content (AvgIpc) is 2.30. The lowest BCUT2D eigenvalue weighted by atomic mass is 10.2. The highest BCUT2D eigenvalue weighted by Gasteiger charge is 2.25. The molecule has 1 unspecified atom stereocenters. The van der Waals surface area contributed by atoms with Gasteiger partial charge in [0.05, 0.1) is 11.5 Å². The molecule has 1 aromatic carbocycles. The van der Waals surface area contributed by atoms with Crippen LogP contribution in [-0.4, -0.2) is 37.5 Å². The third kappa shape index (κ3) is 2.98. The number of benzene rings is 1. The van der Waals surface area contributed by atoms with Crippen LogP contribution in [0.1, 0.15) is 12.5 Å². The highest BCUT2D eigenvalue weighted by Crippen LogP contribution is 2.22. The SMILES string of the molecule is Cc1ccc(S(=O)(=O)N(C)C(C)CO)cc1Cl. The summed E-state index contributed by atoms with van der Waals surface area (Å²) in [5.74, 6) is 0. The summed E-state index contributed by atoms with van der Waals surface area (Å²) in [7, 11) is -2.17. The Morgan fingerprint density at radius 1 is 1.47 bits per heavy atom. The van der Waals surface area contributed by atoms with E-state index < -0.39 is 16.1 Å². The summed E-state index contributed by atoms with van der Waals surface area (Å²) in [4.78, 5) is 0.135. The maximum absolute atomic E-state index is 12.2. The number of rotatable bonds is 4. The second kappa shape index (κ2) is 5.35. The molecule has 0 fully saturated rings. The Kier molecular flexibility index (Phi) is 4.55. The van der Waals surface area contributed by atoms with Crippen LogP contribution in [0.4, 0.5) is 0 Å². The number of hydrogen-bond acceptors (Lipinski definition) is 3. The summed E-state index contributed by atoms with van der Waals surface area (Å²) >= 11 is 5.91. The van der Waals surface area contributed by atoms with Gasteiger partial charge in [-0.15, -0.1) is 0 Å². The summed E-state index contributed by atoms with van der Waals surface area (Å²) in [6.45, 7) is 3.21. The molecule has 0 amide bonds. The smallest absolute Gasteiger partial charge is 0.243 e. The summed E-state index contributed by atoms with van der Waals surface area (Å²) in [5, 5.41) is 9.40. The lowest BCUT2D eigenvalue weighted by Gasteiger charge is -2.22. The van der Waals surface area contributed by atoms with Crippen LogP contribution in [0.2, 0.25) is 5.02 Å². The Balaban J connectivity index is 3.17. The molecule has 4 nitrogen and oxygen atoms in total. The first-order chi connectivity index (χ1) is 7.80. The van der Waals surface area contributed by atoms with E-state index in [1.54, 1.807) is 19.9 Å². The predicted molar refractivity (Wildman–Crippen MR) is 67.7 cm³/mol. The zero-order chi connectivity index (χ0) is 13.2. The minimum absolute atomic E-state index is 0.135. The minimum Gasteiger partial charge on any atom is -0.395 e. The van der Waals surface area contributed by atoms with E-state index in [4.69, 9.17) is 16.7 Å². The number of halogens is 1. The molecule has 0 aliphatic heterocycles. The zero-order valence-corrected chi connectivity index (χ0v) is 11.6. The van der Waals surface area contributed by atoms with Crippen molar-refractivity contribution in [2.45, 2.75) is 24.8 Å². The van der Waals surface area contributed by atoms with E-state index >= 15 is 0 Å². The lowest BCUT2D eigenvalue weighted by molar-refractivity contribution is 0.214. The van der Waals surface area contributed by atoms with Gasteiger partial charge in [0.2, 0.25) is 10.0 Å². The van der Waals surface area contributed by atoms with Crippen LogP contribution in [0.5, 0.6) is 0 Å². The third-order valence-corrected chi connectivity index (χ3v) is 5.08. The van der Waals surface area contributed by atoms with Gasteiger partial charge in [0.15, 0.2) is 0 Å². The first-order valence-corrected chi connectivity index (χ1v) is 6.97. The summed E-state index contributed by atoms with van der Waals surface area (Å²) in [6.07, 6.45) is 0. The van der Waals surface area contributed by atoms with E-state index in [9.17, 15) is 8.42 Å². The fourth-order valence-corrected chi connectivity index (χ4v) is 2.88. The van der Waals surface area contributed by atoms with E-state index in [0.29, 0.717) is 5.02 Å². The quantitative estimate of drug-likeness (QED) is 0.910. The first kappa shape index (κ1) is 14.4. The molecule has 6 heteroatoms. The van der Waals surface area contributed by atoms with E-state index in [1.165, 1.54) is 19.2 Å². The van der Waals surface area contributed by atoms with Gasteiger partial charge in [-0.1, -0.05) is 17.7 Å². The number of aliphatic hydroxyl groups is 1. The van der Waals surface area contributed by atoms with Gasteiger partial charge in [-0.05, 0) is 31.5 Å². The van der Waals surface area contributed by atoms with E-state index in [2.05, 4.69) is 0 Å². The second-order valence-electron chi connectivity index (χ2n) is 3.96. The number of aryl methyl sites for hydroxylation is 1. The molecule has 0 heterocycles. The third-order valence-electron chi connectivity index (χ3n) is 2.71. The van der Waals surface area contributed by atoms with Crippen molar-refractivity contribution in [2.75, 3.05) is 13.7 Å². The molecule has 1 atom stereocenters. The summed E-state index contributed by atoms with van der Waals surface area (Å²) < 4.78 is 25.4. The molecule has 96 valence electrons. The van der Waals surface area contributed by atoms with Crippen LogP contribution in [-0.2, 0) is 10.0 Å². The van der Waals surface area contributed by atoms with Crippen LogP contribution in [0.3, 0.4) is 0 Å². The summed E-state index contributed by atoms with van der Waals surface area (Å²) in [6, 6.07) is 4.12. The van der Waals surface area contributed by atoms with Crippen molar-refractivity contribution in [3.05, 3.63) is 28.8 Å². The predicted octanol–water partition coefficient (Wildman–Crippen LogP) is 1.65. The molecule has 0 aliphatic rings. The molecule has 17 heavy (non-hydrogen) atoms. The molecular formula is C11H16ClNO3S. The maximum Gasteiger partial charge on any atom is 0.243 e. The molecule has 1 aromatic rings. The Bertz CT molecular complexity index is 501. The second-order valence-corrected chi connectivity index (χ2v) is 6.37. The Morgan fingerprint density at radius 3 is 2.53 bits per heavy atom. The Morgan fingerprint density at radius 2 is 2.06 bits per heavy atom. The summed E-state index contributed by atoms with van der Waals surface area (Å²) in [5.41, 5.74) is 0.823. The van der Waals surface area contributed by atoms with Gasteiger partial charge < -0.3 is 5.11 Å². The monoisotopic (exact) mass is 277 g/mol. The number of aliphatic hydroxyl groups excluding tert-OH is 1. The van der Waals surface area contributed by atoms with Gasteiger partial charge in [0, 0.05) is 18.1 Å². The van der Waals surface area contributed by atoms with Crippen molar-refractivity contribution >= 4 is 21.6 Å². The lowest BCUT2D eigenvalue weighted by Crippen LogP contribution is -2.37. The van der Waals surface area contributed by atoms with Gasteiger partial charge in [-0.2, -0.15) is 4.31 Å². The molecular weight excluding hydrogens is 262 g/mol. The van der Waals surface area contributed by atoms with Crippen molar-refractivity contribution in [2.24, 2.45) is 0 Å². The molecule has 0 saturated carbocycles. The van der Waals surface area contributed by atoms with E-state index in [0.717, 1.165) is 9.87 Å². The Hall–Kier alpha value is -0.620. The number of nitrogens with zero attached hydrogens (tertiary/aromatic N) is 1. The maximum atomic E-state index is 12.2. The van der Waals surface area contributed by atoms with Crippen LogP contribution in [0, 0.1) is 6.92 Å². The fraction of sp³-hybridized carbons (Fsp3) is 0.455. The average molecular weight is 278 g/mol. The molecule has 1 N–H and O–H groups in total. The van der Waals surface area contributed by atoms with E-state index in [-0.39, 0.29) is 11.5 Å². The van der Waals surface area contributed by atoms with Crippen molar-refractivity contribution in [3.63, 3.8) is 0 Å². The zero-order valence-electron chi connectivity index (χ0n) is 10.0. The van der Waals surface area contributed by atoms with Crippen molar-refractivity contribution in [1.29, 1.82) is 0 Å². The topological polar surface area (TPSA) is 57.6 Å². The van der Waals surface area contributed by atoms with Crippen molar-refractivity contribution in [3.8, 4) is 0 Å². The highest BCUT2D eigenvalue weighted by molar-refractivity contribution is 7.89. The van der Waals surface area contributed by atoms with Crippen LogP contribution < -0.4 is 0 Å². The first-order valence-electron chi connectivity index (χ1n) is 5.15. The van der Waals surface area contributed by atoms with Crippen LogP contribution in [0.15, 0.2) is 23.1 Å². The molecule has 0 aliphatic carbocycles. The van der Waals surface area contributed by atoms with E-state index in [1.807, 2.05) is 0 Å². The van der Waals surface area contributed by atoms with Crippen molar-refractivity contribution < 1.29 is 13.5 Å². The number of hydrogen-bond donors (Lipinski definition) is 1. The number of sulfonamides is 1. The van der Waals surface area contributed by atoms with Gasteiger partial charge in [0.1, 0.15) is 0 Å². The Labute approximate surface area is 107 Å². The molecule has 1 rings (SSSR count). The molecule has 0 aromatic heterocycles. The van der Waals surface area contributed by atoms with Gasteiger partial charge >= 0.3 is 0 Å². The van der Waals surface area contributed by atoms with Gasteiger partial charge in [-0.3, -0.25) is 0 Å². The normalized spacial score (nSPS) is 14.0. The minimum atomic E-state index is -3.60. The van der Waals surface area contributed by atoms with Crippen molar-refractivity contribution in [1.82, 2.24) is 4.31 Å². The molecule has 0 bridgehead atoms.